The van der Waals surface area contributed by atoms with Gasteiger partial charge in [-0.15, -0.1) is 0 Å². The van der Waals surface area contributed by atoms with Gasteiger partial charge in [0.2, 0.25) is 0 Å². The number of methoxy groups -OCH3 is 2. The van der Waals surface area contributed by atoms with Gasteiger partial charge in [-0.05, 0) is 52.1 Å². The van der Waals surface area contributed by atoms with Crippen LogP contribution in [0.25, 0.3) is 22.3 Å². The predicted octanol–water partition coefficient (Wildman–Crippen LogP) is 4.12. The van der Waals surface area contributed by atoms with Crippen LogP contribution in [0.3, 0.4) is 0 Å². The number of benzene rings is 3. The monoisotopic (exact) mass is 363 g/mol. The van der Waals surface area contributed by atoms with Crippen LogP contribution in [0.1, 0.15) is 5.56 Å². The number of rotatable bonds is 8. The lowest BCUT2D eigenvalue weighted by molar-refractivity contribution is 0.292. The fourth-order valence-electron chi connectivity index (χ4n) is 3.16. The molecule has 2 N–H and O–H groups in total. The summed E-state index contributed by atoms with van der Waals surface area (Å²) in [5.74, 6) is 1.67. The minimum absolute atomic E-state index is 0.121. The second kappa shape index (κ2) is 9.21. The average molecular weight is 363 g/mol. The SMILES string of the molecule is COc1ccc(-c2cccc(CNCCO)c2-c2ccc(OC)cc2)cc1. The lowest BCUT2D eigenvalue weighted by Gasteiger charge is -2.17. The van der Waals surface area contributed by atoms with E-state index in [0.29, 0.717) is 13.1 Å². The first-order valence-corrected chi connectivity index (χ1v) is 8.99. The van der Waals surface area contributed by atoms with Crippen LogP contribution in [0.15, 0.2) is 66.7 Å². The molecule has 0 unspecified atom stereocenters. The van der Waals surface area contributed by atoms with E-state index in [0.717, 1.165) is 28.2 Å². The number of nitrogens with one attached hydrogen (secondary N) is 1. The molecule has 0 radical (unpaired) electrons. The highest BCUT2D eigenvalue weighted by atomic mass is 16.5. The number of ether oxygens (including phenoxy) is 2. The molecule has 0 spiro atoms. The zero-order valence-electron chi connectivity index (χ0n) is 15.7. The molecule has 3 aromatic rings. The summed E-state index contributed by atoms with van der Waals surface area (Å²) in [6.45, 7) is 1.37. The largest absolute Gasteiger partial charge is 0.497 e. The highest BCUT2D eigenvalue weighted by Crippen LogP contribution is 2.36. The Kier molecular flexibility index (Phi) is 6.47. The van der Waals surface area contributed by atoms with E-state index in [1.807, 2.05) is 24.3 Å². The summed E-state index contributed by atoms with van der Waals surface area (Å²) in [4.78, 5) is 0. The predicted molar refractivity (Wildman–Crippen MR) is 109 cm³/mol. The first-order valence-electron chi connectivity index (χ1n) is 8.99. The minimum Gasteiger partial charge on any atom is -0.497 e. The van der Waals surface area contributed by atoms with Crippen LogP contribution in [0, 0.1) is 0 Å². The number of hydrogen-bond acceptors (Lipinski definition) is 4. The molecule has 0 saturated carbocycles. The summed E-state index contributed by atoms with van der Waals surface area (Å²) < 4.78 is 10.6. The summed E-state index contributed by atoms with van der Waals surface area (Å²) >= 11 is 0. The Balaban J connectivity index is 2.08. The molecule has 140 valence electrons. The van der Waals surface area contributed by atoms with Gasteiger partial charge in [0.1, 0.15) is 11.5 Å². The van der Waals surface area contributed by atoms with Gasteiger partial charge in [0.15, 0.2) is 0 Å². The fraction of sp³-hybridized carbons (Fsp3) is 0.217. The molecule has 0 bridgehead atoms. The molecule has 4 nitrogen and oxygen atoms in total. The van der Waals surface area contributed by atoms with Crippen molar-refractivity contribution in [1.29, 1.82) is 0 Å². The average Bonchev–Trinajstić information content (AvgIpc) is 2.74. The molecule has 4 heteroatoms. The minimum atomic E-state index is 0.121. The fourth-order valence-corrected chi connectivity index (χ4v) is 3.16. The van der Waals surface area contributed by atoms with Crippen molar-refractivity contribution in [3.8, 4) is 33.8 Å². The van der Waals surface area contributed by atoms with Crippen molar-refractivity contribution in [3.05, 3.63) is 72.3 Å². The van der Waals surface area contributed by atoms with Crippen molar-refractivity contribution in [3.63, 3.8) is 0 Å². The standard InChI is InChI=1S/C23H25NO3/c1-26-20-10-6-17(7-11-20)22-5-3-4-19(16-24-14-15-25)23(22)18-8-12-21(27-2)13-9-18/h3-13,24-25H,14-16H2,1-2H3. The van der Waals surface area contributed by atoms with Gasteiger partial charge in [0.25, 0.3) is 0 Å². The van der Waals surface area contributed by atoms with Crippen molar-refractivity contribution < 1.29 is 14.6 Å². The first kappa shape index (κ1) is 19.0. The topological polar surface area (TPSA) is 50.7 Å². The maximum atomic E-state index is 9.08. The zero-order valence-corrected chi connectivity index (χ0v) is 15.7. The number of aliphatic hydroxyl groups excluding tert-OH is 1. The third kappa shape index (κ3) is 4.48. The normalized spacial score (nSPS) is 10.6. The van der Waals surface area contributed by atoms with Gasteiger partial charge in [-0.1, -0.05) is 42.5 Å². The number of hydrogen-bond donors (Lipinski definition) is 2. The van der Waals surface area contributed by atoms with E-state index in [1.54, 1.807) is 14.2 Å². The molecule has 3 aromatic carbocycles. The molecular weight excluding hydrogens is 338 g/mol. The van der Waals surface area contributed by atoms with Crippen molar-refractivity contribution in [2.75, 3.05) is 27.4 Å². The molecule has 0 saturated heterocycles. The van der Waals surface area contributed by atoms with Crippen molar-refractivity contribution in [2.45, 2.75) is 6.54 Å². The van der Waals surface area contributed by atoms with E-state index in [9.17, 15) is 0 Å². The third-order valence-electron chi connectivity index (χ3n) is 4.53. The van der Waals surface area contributed by atoms with Crippen molar-refractivity contribution >= 4 is 0 Å². The van der Waals surface area contributed by atoms with Crippen LogP contribution in [0.4, 0.5) is 0 Å². The smallest absolute Gasteiger partial charge is 0.118 e. The Morgan fingerprint density at radius 3 is 1.93 bits per heavy atom. The Morgan fingerprint density at radius 1 is 0.778 bits per heavy atom. The molecule has 27 heavy (non-hydrogen) atoms. The van der Waals surface area contributed by atoms with E-state index in [1.165, 1.54) is 11.1 Å². The highest BCUT2D eigenvalue weighted by Gasteiger charge is 2.13. The van der Waals surface area contributed by atoms with Gasteiger partial charge in [0.05, 0.1) is 20.8 Å². The molecule has 0 atom stereocenters. The van der Waals surface area contributed by atoms with Gasteiger partial charge < -0.3 is 19.9 Å². The molecule has 0 aliphatic rings. The van der Waals surface area contributed by atoms with Crippen LogP contribution >= 0.6 is 0 Å². The van der Waals surface area contributed by atoms with E-state index in [4.69, 9.17) is 14.6 Å². The number of aliphatic hydroxyl groups is 1. The zero-order chi connectivity index (χ0) is 19.1. The Morgan fingerprint density at radius 2 is 1.37 bits per heavy atom. The maximum Gasteiger partial charge on any atom is 0.118 e. The Labute approximate surface area is 160 Å². The lowest BCUT2D eigenvalue weighted by Crippen LogP contribution is -2.18. The van der Waals surface area contributed by atoms with Gasteiger partial charge in [0, 0.05) is 13.1 Å². The highest BCUT2D eigenvalue weighted by molar-refractivity contribution is 5.86. The lowest BCUT2D eigenvalue weighted by atomic mass is 9.90. The molecule has 0 aliphatic heterocycles. The van der Waals surface area contributed by atoms with E-state index in [-0.39, 0.29) is 6.61 Å². The van der Waals surface area contributed by atoms with Gasteiger partial charge in [-0.3, -0.25) is 0 Å². The molecule has 0 amide bonds. The van der Waals surface area contributed by atoms with E-state index in [2.05, 4.69) is 47.8 Å². The van der Waals surface area contributed by atoms with E-state index >= 15 is 0 Å². The van der Waals surface area contributed by atoms with E-state index < -0.39 is 0 Å². The van der Waals surface area contributed by atoms with Gasteiger partial charge in [-0.2, -0.15) is 0 Å². The second-order valence-corrected chi connectivity index (χ2v) is 6.20. The molecule has 3 rings (SSSR count). The van der Waals surface area contributed by atoms with Crippen LogP contribution < -0.4 is 14.8 Å². The summed E-state index contributed by atoms with van der Waals surface area (Å²) in [7, 11) is 3.34. The molecule has 0 aliphatic carbocycles. The Bertz CT molecular complexity index is 858. The van der Waals surface area contributed by atoms with Gasteiger partial charge in [-0.25, -0.2) is 0 Å². The Hall–Kier alpha value is -2.82. The molecule has 0 fully saturated rings. The molecule has 0 heterocycles. The summed E-state index contributed by atoms with van der Waals surface area (Å²) in [5, 5.41) is 12.4. The summed E-state index contributed by atoms with van der Waals surface area (Å²) in [5.41, 5.74) is 5.78. The van der Waals surface area contributed by atoms with Crippen LogP contribution in [-0.4, -0.2) is 32.5 Å². The van der Waals surface area contributed by atoms with Crippen LogP contribution in [0.5, 0.6) is 11.5 Å². The summed E-state index contributed by atoms with van der Waals surface area (Å²) in [6.07, 6.45) is 0. The summed E-state index contributed by atoms with van der Waals surface area (Å²) in [6, 6.07) is 22.5. The van der Waals surface area contributed by atoms with Crippen molar-refractivity contribution in [2.24, 2.45) is 0 Å². The van der Waals surface area contributed by atoms with Crippen LogP contribution in [-0.2, 0) is 6.54 Å². The van der Waals surface area contributed by atoms with Crippen LogP contribution in [0.2, 0.25) is 0 Å². The second-order valence-electron chi connectivity index (χ2n) is 6.20. The molecule has 0 aromatic heterocycles. The first-order chi connectivity index (χ1) is 13.3. The third-order valence-corrected chi connectivity index (χ3v) is 4.53. The van der Waals surface area contributed by atoms with Gasteiger partial charge >= 0.3 is 0 Å². The maximum absolute atomic E-state index is 9.08. The quantitative estimate of drug-likeness (QED) is 0.591. The van der Waals surface area contributed by atoms with Crippen molar-refractivity contribution in [1.82, 2.24) is 5.32 Å². The molecular formula is C23H25NO3.